The second kappa shape index (κ2) is 7.79. The summed E-state index contributed by atoms with van der Waals surface area (Å²) in [6, 6.07) is 13.0. The van der Waals surface area contributed by atoms with Crippen LogP contribution in [0.4, 0.5) is 0 Å². The lowest BCUT2D eigenvalue weighted by molar-refractivity contribution is 0.468. The van der Waals surface area contributed by atoms with E-state index in [0.717, 1.165) is 11.3 Å². The van der Waals surface area contributed by atoms with Gasteiger partial charge in [0.25, 0.3) is 0 Å². The summed E-state index contributed by atoms with van der Waals surface area (Å²) >= 11 is 6.18. The average molecular weight is 354 g/mol. The van der Waals surface area contributed by atoms with Crippen molar-refractivity contribution < 1.29 is 4.74 Å². The van der Waals surface area contributed by atoms with Crippen molar-refractivity contribution in [3.63, 3.8) is 0 Å². The minimum atomic E-state index is 0.486. The van der Waals surface area contributed by atoms with Crippen molar-refractivity contribution in [1.29, 1.82) is 5.26 Å². The highest BCUT2D eigenvalue weighted by atomic mass is 35.5. The van der Waals surface area contributed by atoms with Crippen LogP contribution in [0.2, 0.25) is 0 Å². The van der Waals surface area contributed by atoms with Crippen molar-refractivity contribution in [1.82, 2.24) is 19.6 Å². The molecule has 2 aromatic heterocycles. The van der Waals surface area contributed by atoms with Gasteiger partial charge in [0, 0.05) is 37.3 Å². The number of nitrogens with zero attached hydrogens (tertiary/aromatic N) is 4. The Bertz CT molecular complexity index is 902. The zero-order valence-corrected chi connectivity index (χ0v) is 14.4. The average Bonchev–Trinajstić information content (AvgIpc) is 2.90. The van der Waals surface area contributed by atoms with Gasteiger partial charge in [-0.05, 0) is 42.8 Å². The fourth-order valence-electron chi connectivity index (χ4n) is 2.38. The van der Waals surface area contributed by atoms with E-state index in [-0.39, 0.29) is 0 Å². The van der Waals surface area contributed by atoms with Gasteiger partial charge >= 0.3 is 0 Å². The molecule has 0 aliphatic carbocycles. The fourth-order valence-corrected chi connectivity index (χ4v) is 2.63. The lowest BCUT2D eigenvalue weighted by Gasteiger charge is -2.09. The molecule has 0 saturated carbocycles. The Hall–Kier alpha value is -2.88. The first-order valence-electron chi connectivity index (χ1n) is 7.69. The maximum absolute atomic E-state index is 9.01. The van der Waals surface area contributed by atoms with Crippen molar-refractivity contribution in [2.24, 2.45) is 0 Å². The number of hydrogen-bond acceptors (Lipinski definition) is 5. The van der Waals surface area contributed by atoms with Crippen LogP contribution in [0.25, 0.3) is 0 Å². The van der Waals surface area contributed by atoms with Crippen LogP contribution >= 0.6 is 11.8 Å². The molecule has 6 nitrogen and oxygen atoms in total. The van der Waals surface area contributed by atoms with Crippen LogP contribution in [0.3, 0.4) is 0 Å². The zero-order valence-electron chi connectivity index (χ0n) is 13.6. The number of nitriles is 1. The van der Waals surface area contributed by atoms with E-state index in [1.807, 2.05) is 19.1 Å². The van der Waals surface area contributed by atoms with Crippen molar-refractivity contribution in [2.75, 3.05) is 0 Å². The van der Waals surface area contributed by atoms with E-state index in [4.69, 9.17) is 21.8 Å². The summed E-state index contributed by atoms with van der Waals surface area (Å²) in [4.78, 5) is 4.00. The predicted octanol–water partition coefficient (Wildman–Crippen LogP) is 3.54. The summed E-state index contributed by atoms with van der Waals surface area (Å²) in [5.74, 6) is 1.16. The van der Waals surface area contributed by atoms with Gasteiger partial charge in [0.1, 0.15) is 17.1 Å². The molecule has 126 valence electrons. The number of rotatable bonds is 6. The Kier molecular flexibility index (Phi) is 5.29. The number of nitrogens with one attached hydrogen (secondary N) is 1. The molecule has 0 bridgehead atoms. The first kappa shape index (κ1) is 17.0. The molecule has 3 aromatic rings. The minimum Gasteiger partial charge on any atom is -0.453 e. The van der Waals surface area contributed by atoms with Gasteiger partial charge in [-0.3, -0.25) is 4.98 Å². The molecule has 7 heteroatoms. The molecule has 1 aromatic carbocycles. The van der Waals surface area contributed by atoms with Gasteiger partial charge < -0.3 is 10.1 Å². The number of halogens is 1. The van der Waals surface area contributed by atoms with Crippen LogP contribution in [0.5, 0.6) is 11.5 Å². The van der Waals surface area contributed by atoms with E-state index >= 15 is 0 Å². The maximum atomic E-state index is 9.01. The summed E-state index contributed by atoms with van der Waals surface area (Å²) < 4.78 is 7.23. The Morgan fingerprint density at radius 2 is 2.04 bits per heavy atom. The molecule has 2 heterocycles. The summed E-state index contributed by atoms with van der Waals surface area (Å²) in [7, 11) is 0. The van der Waals surface area contributed by atoms with Crippen molar-refractivity contribution in [3.8, 4) is 17.6 Å². The summed E-state index contributed by atoms with van der Waals surface area (Å²) in [5.41, 5.74) is 3.05. The van der Waals surface area contributed by atoms with Crippen molar-refractivity contribution in [3.05, 3.63) is 71.3 Å². The zero-order chi connectivity index (χ0) is 17.6. The van der Waals surface area contributed by atoms with Crippen molar-refractivity contribution in [2.45, 2.75) is 20.0 Å². The summed E-state index contributed by atoms with van der Waals surface area (Å²) in [6.07, 6.45) is 3.51. The van der Waals surface area contributed by atoms with Crippen LogP contribution in [-0.2, 0) is 13.1 Å². The maximum Gasteiger partial charge on any atom is 0.174 e. The third-order valence-electron chi connectivity index (χ3n) is 3.61. The van der Waals surface area contributed by atoms with E-state index in [2.05, 4.69) is 21.5 Å². The second-order valence-electron chi connectivity index (χ2n) is 5.42. The molecule has 0 aliphatic rings. The van der Waals surface area contributed by atoms with E-state index in [1.165, 1.54) is 4.20 Å². The third-order valence-corrected chi connectivity index (χ3v) is 3.88. The van der Waals surface area contributed by atoms with Gasteiger partial charge in [-0.15, -0.1) is 0 Å². The normalized spacial score (nSPS) is 10.4. The Labute approximate surface area is 150 Å². The van der Waals surface area contributed by atoms with E-state index in [0.29, 0.717) is 35.8 Å². The molecule has 25 heavy (non-hydrogen) atoms. The molecule has 0 radical (unpaired) electrons. The second-order valence-corrected chi connectivity index (χ2v) is 5.74. The van der Waals surface area contributed by atoms with E-state index in [9.17, 15) is 0 Å². The van der Waals surface area contributed by atoms with Gasteiger partial charge in [0.15, 0.2) is 5.75 Å². The van der Waals surface area contributed by atoms with E-state index in [1.54, 1.807) is 36.7 Å². The monoisotopic (exact) mass is 353 g/mol. The third kappa shape index (κ3) is 4.15. The smallest absolute Gasteiger partial charge is 0.174 e. The number of benzene rings is 1. The SMILES string of the molecule is Cc1nn(Cl)c(CNCc2ccncc2)c1Oc1cccc(C#N)c1. The van der Waals surface area contributed by atoms with Crippen LogP contribution in [0.15, 0.2) is 48.8 Å². The molecule has 0 spiro atoms. The molecule has 0 atom stereocenters. The molecule has 0 fully saturated rings. The molecular formula is C18H16ClN5O. The lowest BCUT2D eigenvalue weighted by Crippen LogP contribution is -2.14. The fraction of sp³-hybridized carbons (Fsp3) is 0.167. The van der Waals surface area contributed by atoms with Crippen molar-refractivity contribution >= 4 is 11.8 Å². The topological polar surface area (TPSA) is 75.8 Å². The summed E-state index contributed by atoms with van der Waals surface area (Å²) in [6.45, 7) is 2.99. The minimum absolute atomic E-state index is 0.486. The largest absolute Gasteiger partial charge is 0.453 e. The number of pyridine rings is 1. The molecule has 0 amide bonds. The molecule has 3 rings (SSSR count). The number of aromatic nitrogens is 3. The number of hydrogen-bond donors (Lipinski definition) is 1. The molecule has 0 aliphatic heterocycles. The summed E-state index contributed by atoms with van der Waals surface area (Å²) in [5, 5.41) is 16.5. The van der Waals surface area contributed by atoms with E-state index < -0.39 is 0 Å². The molecule has 1 N–H and O–H groups in total. The van der Waals surface area contributed by atoms with Crippen LogP contribution in [0, 0.1) is 18.3 Å². The Morgan fingerprint density at radius 1 is 1.24 bits per heavy atom. The number of ether oxygens (including phenoxy) is 1. The molecular weight excluding hydrogens is 338 g/mol. The van der Waals surface area contributed by atoms with Gasteiger partial charge in [0.05, 0.1) is 11.6 Å². The number of aryl methyl sites for hydroxylation is 1. The quantitative estimate of drug-likeness (QED) is 0.733. The first-order chi connectivity index (χ1) is 12.2. The van der Waals surface area contributed by atoms with Gasteiger partial charge in [0.2, 0.25) is 0 Å². The van der Waals surface area contributed by atoms with Gasteiger partial charge in [-0.1, -0.05) is 6.07 Å². The highest BCUT2D eigenvalue weighted by molar-refractivity contribution is 6.15. The predicted molar refractivity (Wildman–Crippen MR) is 94.2 cm³/mol. The molecule has 0 unspecified atom stereocenters. The van der Waals surface area contributed by atoms with Crippen LogP contribution in [0.1, 0.15) is 22.5 Å². The standard InChI is InChI=1S/C18H16ClN5O/c1-13-18(25-16-4-2-3-15(9-16)10-20)17(24(19)23-13)12-22-11-14-5-7-21-8-6-14/h2-9,22H,11-12H2,1H3. The van der Waals surface area contributed by atoms with Crippen LogP contribution in [-0.4, -0.2) is 14.3 Å². The first-order valence-corrected chi connectivity index (χ1v) is 8.03. The van der Waals surface area contributed by atoms with Gasteiger partial charge in [-0.2, -0.15) is 14.6 Å². The highest BCUT2D eigenvalue weighted by Crippen LogP contribution is 2.30. The molecule has 0 saturated heterocycles. The lowest BCUT2D eigenvalue weighted by atomic mass is 10.2. The van der Waals surface area contributed by atoms with Crippen LogP contribution < -0.4 is 10.1 Å². The van der Waals surface area contributed by atoms with Gasteiger partial charge in [-0.25, -0.2) is 0 Å². The highest BCUT2D eigenvalue weighted by Gasteiger charge is 2.17. The Balaban J connectivity index is 1.75. The Morgan fingerprint density at radius 3 is 2.80 bits per heavy atom.